The fourth-order valence-electron chi connectivity index (χ4n) is 1.77. The Kier molecular flexibility index (Phi) is 3.17. The molecule has 0 aliphatic carbocycles. The summed E-state index contributed by atoms with van der Waals surface area (Å²) in [7, 11) is 0. The zero-order valence-corrected chi connectivity index (χ0v) is 10.3. The molecule has 5 heteroatoms. The summed E-state index contributed by atoms with van der Waals surface area (Å²) in [5, 5.41) is 13.9. The van der Waals surface area contributed by atoms with Crippen LogP contribution < -0.4 is 0 Å². The van der Waals surface area contributed by atoms with E-state index in [0.29, 0.717) is 22.0 Å². The number of hydrogen-bond acceptors (Lipinski definition) is 2. The van der Waals surface area contributed by atoms with Gasteiger partial charge in [0.25, 0.3) is 0 Å². The minimum atomic E-state index is -0.432. The molecule has 0 saturated heterocycles. The normalized spacial score (nSPS) is 10.9. The first kappa shape index (κ1) is 12.1. The van der Waals surface area contributed by atoms with Gasteiger partial charge in [0, 0.05) is 5.56 Å². The molecule has 1 aromatic carbocycles. The molecule has 0 bridgehead atoms. The molecule has 17 heavy (non-hydrogen) atoms. The summed E-state index contributed by atoms with van der Waals surface area (Å²) in [6, 6.07) is 4.54. The first-order chi connectivity index (χ1) is 8.06. The summed E-state index contributed by atoms with van der Waals surface area (Å²) in [5.74, 6) is -0.432. The lowest BCUT2D eigenvalue weighted by Crippen LogP contribution is -2.06. The monoisotopic (exact) mass is 254 g/mol. The maximum atomic E-state index is 13.8. The topological polar surface area (TPSA) is 38.0 Å². The highest BCUT2D eigenvalue weighted by Gasteiger charge is 2.16. The van der Waals surface area contributed by atoms with Crippen molar-refractivity contribution in [3.8, 4) is 5.69 Å². The van der Waals surface area contributed by atoms with Crippen molar-refractivity contribution in [2.75, 3.05) is 0 Å². The van der Waals surface area contributed by atoms with E-state index in [-0.39, 0.29) is 12.3 Å². The Morgan fingerprint density at radius 2 is 2.12 bits per heavy atom. The summed E-state index contributed by atoms with van der Waals surface area (Å²) in [4.78, 5) is 0. The van der Waals surface area contributed by atoms with Gasteiger partial charge in [-0.3, -0.25) is 0 Å². The molecule has 0 unspecified atom stereocenters. The lowest BCUT2D eigenvalue weighted by molar-refractivity contribution is 0.280. The van der Waals surface area contributed by atoms with Gasteiger partial charge in [0.05, 0.1) is 23.0 Å². The average Bonchev–Trinajstić information content (AvgIpc) is 2.56. The van der Waals surface area contributed by atoms with E-state index in [4.69, 9.17) is 11.6 Å². The van der Waals surface area contributed by atoms with Crippen LogP contribution >= 0.6 is 11.6 Å². The van der Waals surface area contributed by atoms with Gasteiger partial charge in [-0.05, 0) is 19.9 Å². The van der Waals surface area contributed by atoms with Crippen LogP contribution in [0.15, 0.2) is 18.2 Å². The van der Waals surface area contributed by atoms with E-state index in [1.807, 2.05) is 0 Å². The number of hydrogen-bond donors (Lipinski definition) is 1. The number of aryl methyl sites for hydroxylation is 1. The number of aliphatic hydroxyl groups excluding tert-OH is 1. The minimum absolute atomic E-state index is 0.247. The molecule has 1 aromatic heterocycles. The number of rotatable bonds is 2. The van der Waals surface area contributed by atoms with E-state index < -0.39 is 5.82 Å². The van der Waals surface area contributed by atoms with Crippen molar-refractivity contribution in [3.05, 3.63) is 46.0 Å². The summed E-state index contributed by atoms with van der Waals surface area (Å²) in [6.45, 7) is 3.27. The van der Waals surface area contributed by atoms with Gasteiger partial charge in [-0.25, -0.2) is 9.07 Å². The van der Waals surface area contributed by atoms with Crippen molar-refractivity contribution in [1.29, 1.82) is 0 Å². The zero-order chi connectivity index (χ0) is 12.6. The predicted octanol–water partition coefficient (Wildman–Crippen LogP) is 2.77. The van der Waals surface area contributed by atoms with E-state index in [9.17, 15) is 9.50 Å². The predicted molar refractivity (Wildman–Crippen MR) is 63.9 cm³/mol. The van der Waals surface area contributed by atoms with Crippen LogP contribution in [0.3, 0.4) is 0 Å². The van der Waals surface area contributed by atoms with Crippen molar-refractivity contribution < 1.29 is 9.50 Å². The number of para-hydroxylation sites is 1. The molecular weight excluding hydrogens is 243 g/mol. The van der Waals surface area contributed by atoms with Crippen LogP contribution in [0, 0.1) is 19.7 Å². The second-order valence-corrected chi connectivity index (χ2v) is 4.18. The maximum absolute atomic E-state index is 13.8. The minimum Gasteiger partial charge on any atom is -0.392 e. The van der Waals surface area contributed by atoms with Gasteiger partial charge in [-0.2, -0.15) is 5.10 Å². The van der Waals surface area contributed by atoms with Crippen molar-refractivity contribution >= 4 is 11.6 Å². The van der Waals surface area contributed by atoms with Crippen LogP contribution in [0.4, 0.5) is 4.39 Å². The van der Waals surface area contributed by atoms with E-state index >= 15 is 0 Å². The van der Waals surface area contributed by atoms with E-state index in [1.165, 1.54) is 10.7 Å². The third kappa shape index (κ3) is 1.94. The lowest BCUT2D eigenvalue weighted by atomic mass is 10.2. The van der Waals surface area contributed by atoms with Crippen molar-refractivity contribution in [2.45, 2.75) is 20.5 Å². The van der Waals surface area contributed by atoms with Crippen molar-refractivity contribution in [1.82, 2.24) is 9.78 Å². The van der Waals surface area contributed by atoms with Crippen molar-refractivity contribution in [2.24, 2.45) is 0 Å². The standard InChI is InChI=1S/C12H12ClFN2O/c1-7-11(13)8(2)16(15-7)12-9(6-17)4-3-5-10(12)14/h3-5,17H,6H2,1-2H3. The molecule has 0 spiro atoms. The highest BCUT2D eigenvalue weighted by Crippen LogP contribution is 2.26. The van der Waals surface area contributed by atoms with Gasteiger partial charge in [0.2, 0.25) is 0 Å². The first-order valence-electron chi connectivity index (χ1n) is 5.16. The smallest absolute Gasteiger partial charge is 0.149 e. The molecule has 0 amide bonds. The highest BCUT2D eigenvalue weighted by molar-refractivity contribution is 6.31. The van der Waals surface area contributed by atoms with Crippen LogP contribution in [0.1, 0.15) is 17.0 Å². The largest absolute Gasteiger partial charge is 0.392 e. The van der Waals surface area contributed by atoms with E-state index in [2.05, 4.69) is 5.10 Å². The molecule has 2 rings (SSSR count). The Morgan fingerprint density at radius 1 is 1.41 bits per heavy atom. The van der Waals surface area contributed by atoms with Gasteiger partial charge < -0.3 is 5.11 Å². The molecule has 0 aliphatic heterocycles. The second-order valence-electron chi connectivity index (χ2n) is 3.80. The molecule has 1 N–H and O–H groups in total. The molecule has 90 valence electrons. The van der Waals surface area contributed by atoms with Gasteiger partial charge in [0.1, 0.15) is 11.5 Å². The molecule has 0 fully saturated rings. The Labute approximate surface area is 103 Å². The number of aliphatic hydroxyl groups is 1. The molecule has 2 aromatic rings. The highest BCUT2D eigenvalue weighted by atomic mass is 35.5. The van der Waals surface area contributed by atoms with Crippen molar-refractivity contribution in [3.63, 3.8) is 0 Å². The van der Waals surface area contributed by atoms with Gasteiger partial charge in [0.15, 0.2) is 0 Å². The van der Waals surface area contributed by atoms with Crippen LogP contribution in [0.5, 0.6) is 0 Å². The van der Waals surface area contributed by atoms with E-state index in [0.717, 1.165) is 0 Å². The lowest BCUT2D eigenvalue weighted by Gasteiger charge is -2.10. The average molecular weight is 255 g/mol. The van der Waals surface area contributed by atoms with Crippen LogP contribution in [0.2, 0.25) is 5.02 Å². The van der Waals surface area contributed by atoms with Gasteiger partial charge in [-0.1, -0.05) is 23.7 Å². The third-order valence-electron chi connectivity index (χ3n) is 2.66. The summed E-state index contributed by atoms with van der Waals surface area (Å²) < 4.78 is 15.3. The third-order valence-corrected chi connectivity index (χ3v) is 3.20. The Balaban J connectivity index is 2.72. The molecule has 0 saturated carbocycles. The summed E-state index contributed by atoms with van der Waals surface area (Å²) >= 11 is 6.03. The summed E-state index contributed by atoms with van der Waals surface area (Å²) in [5.41, 5.74) is 2.02. The number of benzene rings is 1. The quantitative estimate of drug-likeness (QED) is 0.895. The Bertz CT molecular complexity index is 566. The maximum Gasteiger partial charge on any atom is 0.149 e. The number of halogens is 2. The molecule has 1 heterocycles. The fraction of sp³-hybridized carbons (Fsp3) is 0.250. The van der Waals surface area contributed by atoms with E-state index in [1.54, 1.807) is 26.0 Å². The van der Waals surface area contributed by atoms with Gasteiger partial charge >= 0.3 is 0 Å². The molecular formula is C12H12ClFN2O. The van der Waals surface area contributed by atoms with Crippen LogP contribution in [-0.4, -0.2) is 14.9 Å². The first-order valence-corrected chi connectivity index (χ1v) is 5.54. The Hall–Kier alpha value is -1.39. The van der Waals surface area contributed by atoms with Crippen LogP contribution in [0.25, 0.3) is 5.69 Å². The fourth-order valence-corrected chi connectivity index (χ4v) is 1.88. The SMILES string of the molecule is Cc1nn(-c2c(F)cccc2CO)c(C)c1Cl. The molecule has 0 atom stereocenters. The Morgan fingerprint density at radius 3 is 2.65 bits per heavy atom. The number of nitrogens with zero attached hydrogens (tertiary/aromatic N) is 2. The molecule has 3 nitrogen and oxygen atoms in total. The zero-order valence-electron chi connectivity index (χ0n) is 9.54. The van der Waals surface area contributed by atoms with Crippen LogP contribution in [-0.2, 0) is 6.61 Å². The molecule has 0 aliphatic rings. The summed E-state index contributed by atoms with van der Waals surface area (Å²) in [6.07, 6.45) is 0. The second kappa shape index (κ2) is 4.47. The molecule has 0 radical (unpaired) electrons. The number of aromatic nitrogens is 2. The van der Waals surface area contributed by atoms with Gasteiger partial charge in [-0.15, -0.1) is 0 Å².